The molecule has 1 aliphatic heterocycles. The maximum absolute atomic E-state index is 12.1. The number of amides is 1. The zero-order valence-corrected chi connectivity index (χ0v) is 15.1. The summed E-state index contributed by atoms with van der Waals surface area (Å²) in [6.45, 7) is 4.20. The third-order valence-corrected chi connectivity index (χ3v) is 6.36. The van der Waals surface area contributed by atoms with Crippen LogP contribution in [0.3, 0.4) is 0 Å². The normalized spacial score (nSPS) is 27.7. The molecule has 1 aliphatic carbocycles. The van der Waals surface area contributed by atoms with Crippen LogP contribution in [0.2, 0.25) is 0 Å². The van der Waals surface area contributed by atoms with E-state index in [1.54, 1.807) is 0 Å². The SMILES string of the molecule is CC1CCCCC1OCCNC(=O)C1CCN(S(C)(=O)=O)CC1. The van der Waals surface area contributed by atoms with Crippen molar-refractivity contribution in [3.63, 3.8) is 0 Å². The Balaban J connectivity index is 1.62. The lowest BCUT2D eigenvalue weighted by atomic mass is 9.88. The summed E-state index contributed by atoms with van der Waals surface area (Å²) in [7, 11) is -3.13. The van der Waals surface area contributed by atoms with E-state index in [0.29, 0.717) is 51.1 Å². The third kappa shape index (κ3) is 5.72. The molecule has 2 fully saturated rings. The highest BCUT2D eigenvalue weighted by Gasteiger charge is 2.28. The van der Waals surface area contributed by atoms with Crippen molar-refractivity contribution in [1.82, 2.24) is 9.62 Å². The Hall–Kier alpha value is -0.660. The van der Waals surface area contributed by atoms with Gasteiger partial charge in [-0.2, -0.15) is 0 Å². The molecule has 0 aromatic carbocycles. The van der Waals surface area contributed by atoms with Gasteiger partial charge in [0.05, 0.1) is 19.0 Å². The summed E-state index contributed by atoms with van der Waals surface area (Å²) in [5.74, 6) is 0.555. The van der Waals surface area contributed by atoms with E-state index in [2.05, 4.69) is 12.2 Å². The number of piperidine rings is 1. The first-order valence-electron chi connectivity index (χ1n) is 8.72. The van der Waals surface area contributed by atoms with Gasteiger partial charge in [-0.3, -0.25) is 4.79 Å². The summed E-state index contributed by atoms with van der Waals surface area (Å²) in [6.07, 6.45) is 7.63. The number of hydrogen-bond acceptors (Lipinski definition) is 4. The van der Waals surface area contributed by atoms with Gasteiger partial charge in [-0.1, -0.05) is 19.8 Å². The Morgan fingerprint density at radius 3 is 2.43 bits per heavy atom. The van der Waals surface area contributed by atoms with Crippen LogP contribution in [0.5, 0.6) is 0 Å². The average Bonchev–Trinajstić information content (AvgIpc) is 2.52. The third-order valence-electron chi connectivity index (χ3n) is 5.06. The maximum atomic E-state index is 12.1. The summed E-state index contributed by atoms with van der Waals surface area (Å²) in [5.41, 5.74) is 0. The van der Waals surface area contributed by atoms with Crippen LogP contribution in [0.1, 0.15) is 45.4 Å². The van der Waals surface area contributed by atoms with Crippen molar-refractivity contribution in [3.8, 4) is 0 Å². The average molecular weight is 346 g/mol. The van der Waals surface area contributed by atoms with Crippen LogP contribution in [-0.2, 0) is 19.6 Å². The molecule has 0 aromatic rings. The second kappa shape index (κ2) is 8.44. The van der Waals surface area contributed by atoms with Gasteiger partial charge in [0.1, 0.15) is 0 Å². The minimum absolute atomic E-state index is 0.0263. The summed E-state index contributed by atoms with van der Waals surface area (Å²) >= 11 is 0. The second-order valence-corrected chi connectivity index (χ2v) is 8.88. The molecule has 23 heavy (non-hydrogen) atoms. The molecule has 2 rings (SSSR count). The number of nitrogens with one attached hydrogen (secondary N) is 1. The number of sulfonamides is 1. The Morgan fingerprint density at radius 1 is 1.17 bits per heavy atom. The zero-order valence-electron chi connectivity index (χ0n) is 14.3. The molecular formula is C16H30N2O4S. The van der Waals surface area contributed by atoms with E-state index in [1.807, 2.05) is 0 Å². The van der Waals surface area contributed by atoms with Gasteiger partial charge < -0.3 is 10.1 Å². The largest absolute Gasteiger partial charge is 0.376 e. The number of carbonyl (C=O) groups excluding carboxylic acids is 1. The maximum Gasteiger partial charge on any atom is 0.223 e. The number of hydrogen-bond donors (Lipinski definition) is 1. The molecule has 1 saturated heterocycles. The fraction of sp³-hybridized carbons (Fsp3) is 0.938. The highest BCUT2D eigenvalue weighted by molar-refractivity contribution is 7.88. The lowest BCUT2D eigenvalue weighted by molar-refractivity contribution is -0.126. The van der Waals surface area contributed by atoms with Crippen LogP contribution in [-0.4, -0.2) is 57.2 Å². The first-order valence-corrected chi connectivity index (χ1v) is 10.6. The molecule has 1 heterocycles. The van der Waals surface area contributed by atoms with Crippen molar-refractivity contribution < 1.29 is 17.9 Å². The van der Waals surface area contributed by atoms with Gasteiger partial charge in [-0.05, 0) is 31.6 Å². The van der Waals surface area contributed by atoms with Gasteiger partial charge in [0.25, 0.3) is 0 Å². The van der Waals surface area contributed by atoms with Crippen LogP contribution in [0.4, 0.5) is 0 Å². The molecule has 2 atom stereocenters. The lowest BCUT2D eigenvalue weighted by Crippen LogP contribution is -2.43. The summed E-state index contributed by atoms with van der Waals surface area (Å²) in [6, 6.07) is 0. The van der Waals surface area contributed by atoms with E-state index in [1.165, 1.54) is 29.8 Å². The zero-order chi connectivity index (χ0) is 16.9. The summed E-state index contributed by atoms with van der Waals surface area (Å²) in [5, 5.41) is 2.93. The molecule has 6 nitrogen and oxygen atoms in total. The monoisotopic (exact) mass is 346 g/mol. The Labute approximate surface area is 140 Å². The highest BCUT2D eigenvalue weighted by Crippen LogP contribution is 2.26. The number of ether oxygens (including phenoxy) is 1. The second-order valence-electron chi connectivity index (χ2n) is 6.90. The summed E-state index contributed by atoms with van der Waals surface area (Å²) < 4.78 is 30.3. The number of carbonyl (C=O) groups is 1. The van der Waals surface area contributed by atoms with Gasteiger partial charge in [0.15, 0.2) is 0 Å². The first-order chi connectivity index (χ1) is 10.9. The molecule has 1 N–H and O–H groups in total. The van der Waals surface area contributed by atoms with Crippen LogP contribution >= 0.6 is 0 Å². The van der Waals surface area contributed by atoms with Gasteiger partial charge >= 0.3 is 0 Å². The molecule has 0 radical (unpaired) electrons. The Kier molecular flexibility index (Phi) is 6.85. The number of rotatable bonds is 6. The summed E-state index contributed by atoms with van der Waals surface area (Å²) in [4.78, 5) is 12.1. The van der Waals surface area contributed by atoms with Gasteiger partial charge in [-0.25, -0.2) is 12.7 Å². The smallest absolute Gasteiger partial charge is 0.223 e. The predicted molar refractivity (Wildman–Crippen MR) is 89.5 cm³/mol. The van der Waals surface area contributed by atoms with Crippen LogP contribution in [0, 0.1) is 11.8 Å². The van der Waals surface area contributed by atoms with E-state index in [4.69, 9.17) is 4.74 Å². The van der Waals surface area contributed by atoms with Crippen LogP contribution in [0.15, 0.2) is 0 Å². The predicted octanol–water partition coefficient (Wildman–Crippen LogP) is 1.37. The standard InChI is InChI=1S/C16H30N2O4S/c1-13-5-3-4-6-15(13)22-12-9-17-16(19)14-7-10-18(11-8-14)23(2,20)21/h13-15H,3-12H2,1-2H3,(H,17,19). The van der Waals surface area contributed by atoms with Crippen LogP contribution in [0.25, 0.3) is 0 Å². The van der Waals surface area contributed by atoms with Gasteiger partial charge in [0.2, 0.25) is 15.9 Å². The molecule has 1 saturated carbocycles. The molecule has 2 unspecified atom stereocenters. The highest BCUT2D eigenvalue weighted by atomic mass is 32.2. The molecule has 0 bridgehead atoms. The fourth-order valence-electron chi connectivity index (χ4n) is 3.51. The van der Waals surface area contributed by atoms with Crippen molar-refractivity contribution in [2.45, 2.75) is 51.6 Å². The minimum Gasteiger partial charge on any atom is -0.376 e. The Morgan fingerprint density at radius 2 is 1.83 bits per heavy atom. The molecular weight excluding hydrogens is 316 g/mol. The van der Waals surface area contributed by atoms with E-state index < -0.39 is 10.0 Å². The topological polar surface area (TPSA) is 75.7 Å². The van der Waals surface area contributed by atoms with Crippen molar-refractivity contribution in [1.29, 1.82) is 0 Å². The van der Waals surface area contributed by atoms with E-state index >= 15 is 0 Å². The Bertz CT molecular complexity index is 486. The molecule has 0 spiro atoms. The molecule has 134 valence electrons. The van der Waals surface area contributed by atoms with E-state index in [0.717, 1.165) is 6.42 Å². The fourth-order valence-corrected chi connectivity index (χ4v) is 4.38. The van der Waals surface area contributed by atoms with Crippen molar-refractivity contribution in [2.75, 3.05) is 32.5 Å². The van der Waals surface area contributed by atoms with Crippen molar-refractivity contribution >= 4 is 15.9 Å². The molecule has 2 aliphatic rings. The van der Waals surface area contributed by atoms with Crippen molar-refractivity contribution in [2.24, 2.45) is 11.8 Å². The molecule has 7 heteroatoms. The molecule has 1 amide bonds. The van der Waals surface area contributed by atoms with E-state index in [9.17, 15) is 13.2 Å². The van der Waals surface area contributed by atoms with Gasteiger partial charge in [-0.15, -0.1) is 0 Å². The minimum atomic E-state index is -3.13. The first kappa shape index (κ1) is 18.7. The van der Waals surface area contributed by atoms with Crippen molar-refractivity contribution in [3.05, 3.63) is 0 Å². The lowest BCUT2D eigenvalue weighted by Gasteiger charge is -2.30. The van der Waals surface area contributed by atoms with Gasteiger partial charge in [0, 0.05) is 25.6 Å². The number of nitrogens with zero attached hydrogens (tertiary/aromatic N) is 1. The quantitative estimate of drug-likeness (QED) is 0.737. The molecule has 0 aromatic heterocycles. The van der Waals surface area contributed by atoms with E-state index in [-0.39, 0.29) is 11.8 Å². The van der Waals surface area contributed by atoms with Crippen LogP contribution < -0.4 is 5.32 Å².